The SMILES string of the molecule is CS(=O)(=O)N1CCN(Cc2nc3c(N4CCOCC4)nc(C4=CCCc5[nH]ncc54)cn3n2)CC1. The maximum Gasteiger partial charge on any atom is 0.211 e. The Hall–Kier alpha value is -2.87. The van der Waals surface area contributed by atoms with Gasteiger partial charge in [0.25, 0.3) is 0 Å². The van der Waals surface area contributed by atoms with E-state index in [1.807, 2.05) is 16.9 Å². The fraction of sp³-hybridized carbons (Fsp3) is 0.545. The maximum atomic E-state index is 11.8. The van der Waals surface area contributed by atoms with E-state index in [-0.39, 0.29) is 0 Å². The van der Waals surface area contributed by atoms with E-state index in [0.717, 1.165) is 59.9 Å². The van der Waals surface area contributed by atoms with Crippen LogP contribution in [0.25, 0.3) is 11.2 Å². The summed E-state index contributed by atoms with van der Waals surface area (Å²) in [6.45, 7) is 5.63. The van der Waals surface area contributed by atoms with Gasteiger partial charge >= 0.3 is 0 Å². The smallest absolute Gasteiger partial charge is 0.211 e. The number of nitrogens with one attached hydrogen (secondary N) is 1. The van der Waals surface area contributed by atoms with Crippen LogP contribution in [-0.2, 0) is 27.7 Å². The predicted molar refractivity (Wildman–Crippen MR) is 129 cm³/mol. The second kappa shape index (κ2) is 8.97. The molecule has 3 aliphatic rings. The normalized spacial score (nSPS) is 20.3. The van der Waals surface area contributed by atoms with Crippen molar-refractivity contribution in [3.63, 3.8) is 0 Å². The Morgan fingerprint density at radius 3 is 2.66 bits per heavy atom. The number of piperazine rings is 1. The lowest BCUT2D eigenvalue weighted by atomic mass is 9.95. The predicted octanol–water partition coefficient (Wildman–Crippen LogP) is 0.139. The number of H-pyrrole nitrogens is 1. The molecule has 1 N–H and O–H groups in total. The van der Waals surface area contributed by atoms with Crippen LogP contribution >= 0.6 is 0 Å². The van der Waals surface area contributed by atoms with Crippen molar-refractivity contribution in [3.05, 3.63) is 41.2 Å². The monoisotopic (exact) mass is 499 g/mol. The van der Waals surface area contributed by atoms with Crippen molar-refractivity contribution < 1.29 is 13.2 Å². The standard InChI is InChI=1S/C22H29N9O3S/c1-35(32,33)30-7-5-28(6-8-30)15-20-25-22-21(29-9-11-34-12-10-29)24-19(14-31(22)27-20)16-3-2-4-18-17(16)13-23-26-18/h3,13-14H,2,4-12,15H2,1H3,(H,23,26). The van der Waals surface area contributed by atoms with Crippen LogP contribution in [0.2, 0.25) is 0 Å². The van der Waals surface area contributed by atoms with Gasteiger partial charge in [-0.15, -0.1) is 5.10 Å². The molecule has 2 aliphatic heterocycles. The quantitative estimate of drug-likeness (QED) is 0.522. The molecule has 13 heteroatoms. The van der Waals surface area contributed by atoms with E-state index < -0.39 is 10.0 Å². The Morgan fingerprint density at radius 1 is 1.09 bits per heavy atom. The summed E-state index contributed by atoms with van der Waals surface area (Å²) in [5, 5.41) is 12.2. The lowest BCUT2D eigenvalue weighted by Crippen LogP contribution is -2.47. The van der Waals surface area contributed by atoms with Crippen molar-refractivity contribution in [2.24, 2.45) is 0 Å². The summed E-state index contributed by atoms with van der Waals surface area (Å²) in [5.74, 6) is 1.51. The van der Waals surface area contributed by atoms with E-state index in [4.69, 9.17) is 19.8 Å². The van der Waals surface area contributed by atoms with Crippen molar-refractivity contribution >= 4 is 27.1 Å². The van der Waals surface area contributed by atoms with E-state index in [0.29, 0.717) is 51.8 Å². The van der Waals surface area contributed by atoms with Crippen molar-refractivity contribution in [2.75, 3.05) is 63.6 Å². The minimum atomic E-state index is -3.16. The van der Waals surface area contributed by atoms with Crippen molar-refractivity contribution in [1.82, 2.24) is 39.0 Å². The third-order valence-electron chi connectivity index (χ3n) is 6.85. The zero-order valence-electron chi connectivity index (χ0n) is 19.7. The third kappa shape index (κ3) is 4.44. The highest BCUT2D eigenvalue weighted by Crippen LogP contribution is 2.31. The molecule has 0 amide bonds. The van der Waals surface area contributed by atoms with Gasteiger partial charge in [0.1, 0.15) is 0 Å². The summed E-state index contributed by atoms with van der Waals surface area (Å²) >= 11 is 0. The zero-order chi connectivity index (χ0) is 24.0. The summed E-state index contributed by atoms with van der Waals surface area (Å²) in [6.07, 6.45) is 9.16. The second-order valence-electron chi connectivity index (χ2n) is 9.20. The molecule has 12 nitrogen and oxygen atoms in total. The Balaban J connectivity index is 1.33. The summed E-state index contributed by atoms with van der Waals surface area (Å²) in [4.78, 5) is 14.3. The lowest BCUT2D eigenvalue weighted by molar-refractivity contribution is 0.122. The van der Waals surface area contributed by atoms with Crippen LogP contribution < -0.4 is 4.90 Å². The van der Waals surface area contributed by atoms with Crippen molar-refractivity contribution in [3.8, 4) is 0 Å². The number of aromatic nitrogens is 6. The number of nitrogens with zero attached hydrogens (tertiary/aromatic N) is 8. The first-order valence-corrected chi connectivity index (χ1v) is 13.8. The van der Waals surface area contributed by atoms with Crippen LogP contribution in [0.15, 0.2) is 18.5 Å². The average Bonchev–Trinajstić information content (AvgIpc) is 3.50. The van der Waals surface area contributed by atoms with Gasteiger partial charge in [0.2, 0.25) is 10.0 Å². The molecule has 0 spiro atoms. The van der Waals surface area contributed by atoms with Crippen LogP contribution in [-0.4, -0.2) is 106 Å². The van der Waals surface area contributed by atoms with Crippen LogP contribution in [0.5, 0.6) is 0 Å². The molecule has 0 saturated carbocycles. The molecule has 2 fully saturated rings. The van der Waals surface area contributed by atoms with Crippen LogP contribution in [0.1, 0.15) is 29.2 Å². The van der Waals surface area contributed by atoms with Gasteiger partial charge in [-0.05, 0) is 12.8 Å². The van der Waals surface area contributed by atoms with E-state index >= 15 is 0 Å². The first-order chi connectivity index (χ1) is 17.0. The van der Waals surface area contributed by atoms with Gasteiger partial charge in [0.05, 0.1) is 44.1 Å². The molecule has 3 aromatic heterocycles. The van der Waals surface area contributed by atoms with Gasteiger partial charge in [-0.2, -0.15) is 9.40 Å². The minimum absolute atomic E-state index is 0.484. The molecule has 186 valence electrons. The van der Waals surface area contributed by atoms with E-state index in [1.54, 1.807) is 0 Å². The first-order valence-electron chi connectivity index (χ1n) is 12.0. The highest BCUT2D eigenvalue weighted by molar-refractivity contribution is 7.88. The number of sulfonamides is 1. The molecule has 6 rings (SSSR count). The van der Waals surface area contributed by atoms with Crippen molar-refractivity contribution in [1.29, 1.82) is 0 Å². The van der Waals surface area contributed by atoms with Crippen molar-refractivity contribution in [2.45, 2.75) is 19.4 Å². The molecule has 0 atom stereocenters. The number of morpholine rings is 1. The summed E-state index contributed by atoms with van der Waals surface area (Å²) in [6, 6.07) is 0. The molecular formula is C22H29N9O3S. The average molecular weight is 500 g/mol. The number of allylic oxidation sites excluding steroid dienone is 1. The van der Waals surface area contributed by atoms with E-state index in [1.165, 1.54) is 10.6 Å². The molecule has 0 radical (unpaired) electrons. The summed E-state index contributed by atoms with van der Waals surface area (Å²) in [5.41, 5.74) is 4.85. The first kappa shape index (κ1) is 22.6. The number of fused-ring (bicyclic) bond motifs is 2. The topological polar surface area (TPSA) is 125 Å². The molecule has 2 saturated heterocycles. The Bertz CT molecular complexity index is 1370. The Kier molecular flexibility index (Phi) is 5.79. The van der Waals surface area contributed by atoms with Crippen LogP contribution in [0, 0.1) is 0 Å². The van der Waals surface area contributed by atoms with Gasteiger partial charge in [-0.25, -0.2) is 22.9 Å². The number of hydrogen-bond acceptors (Lipinski definition) is 9. The highest BCUT2D eigenvalue weighted by atomic mass is 32.2. The van der Waals surface area contributed by atoms with E-state index in [9.17, 15) is 8.42 Å². The zero-order valence-corrected chi connectivity index (χ0v) is 20.5. The number of ether oxygens (including phenoxy) is 1. The fourth-order valence-corrected chi connectivity index (χ4v) is 5.80. The molecular weight excluding hydrogens is 470 g/mol. The Morgan fingerprint density at radius 2 is 1.89 bits per heavy atom. The second-order valence-corrected chi connectivity index (χ2v) is 11.2. The summed E-state index contributed by atoms with van der Waals surface area (Å²) < 4.78 is 32.6. The number of hydrogen-bond donors (Lipinski definition) is 1. The summed E-state index contributed by atoms with van der Waals surface area (Å²) in [7, 11) is -3.16. The molecule has 0 unspecified atom stereocenters. The largest absolute Gasteiger partial charge is 0.378 e. The number of rotatable bonds is 5. The van der Waals surface area contributed by atoms with E-state index in [2.05, 4.69) is 26.1 Å². The molecule has 0 aromatic carbocycles. The number of aromatic amines is 1. The van der Waals surface area contributed by atoms with Gasteiger partial charge in [-0.1, -0.05) is 6.08 Å². The molecule has 35 heavy (non-hydrogen) atoms. The lowest BCUT2D eigenvalue weighted by Gasteiger charge is -2.32. The van der Waals surface area contributed by atoms with Crippen LogP contribution in [0.4, 0.5) is 5.82 Å². The Labute approximate surface area is 203 Å². The maximum absolute atomic E-state index is 11.8. The van der Waals surface area contributed by atoms with Gasteiger partial charge in [0.15, 0.2) is 17.3 Å². The van der Waals surface area contributed by atoms with Crippen LogP contribution in [0.3, 0.4) is 0 Å². The fourth-order valence-electron chi connectivity index (χ4n) is 4.97. The number of aryl methyl sites for hydroxylation is 1. The third-order valence-corrected chi connectivity index (χ3v) is 8.15. The van der Waals surface area contributed by atoms with Gasteiger partial charge in [0, 0.05) is 56.1 Å². The minimum Gasteiger partial charge on any atom is -0.378 e. The molecule has 3 aromatic rings. The molecule has 0 bridgehead atoms. The van der Waals surface area contributed by atoms with Gasteiger partial charge < -0.3 is 9.64 Å². The highest BCUT2D eigenvalue weighted by Gasteiger charge is 2.26. The number of anilines is 1. The molecule has 5 heterocycles. The van der Waals surface area contributed by atoms with Gasteiger partial charge in [-0.3, -0.25) is 10.00 Å². The molecule has 1 aliphatic carbocycles.